The van der Waals surface area contributed by atoms with E-state index in [1.54, 1.807) is 11.7 Å². The lowest BCUT2D eigenvalue weighted by Crippen LogP contribution is -2.07. The van der Waals surface area contributed by atoms with Gasteiger partial charge in [-0.15, -0.1) is 5.10 Å². The first kappa shape index (κ1) is 12.8. The van der Waals surface area contributed by atoms with Crippen LogP contribution >= 0.6 is 0 Å². The lowest BCUT2D eigenvalue weighted by molar-refractivity contribution is 0.669. The van der Waals surface area contributed by atoms with Gasteiger partial charge in [0.1, 0.15) is 6.07 Å². The van der Waals surface area contributed by atoms with Gasteiger partial charge in [0.05, 0.1) is 12.2 Å². The Hall–Kier alpha value is -2.61. The summed E-state index contributed by atoms with van der Waals surface area (Å²) in [4.78, 5) is 4.15. The summed E-state index contributed by atoms with van der Waals surface area (Å²) in [5, 5.41) is 16.3. The molecule has 19 heavy (non-hydrogen) atoms. The van der Waals surface area contributed by atoms with Crippen LogP contribution < -0.4 is 5.32 Å². The molecule has 0 fully saturated rings. The number of aryl methyl sites for hydroxylation is 1. The molecule has 0 bridgehead atoms. The molecule has 0 aliphatic carbocycles. The first-order valence-electron chi connectivity index (χ1n) is 5.92. The second-order valence-corrected chi connectivity index (χ2v) is 4.18. The molecule has 0 radical (unpaired) electrons. The summed E-state index contributed by atoms with van der Waals surface area (Å²) in [5.74, 6) is 0.738. The van der Waals surface area contributed by atoms with Crippen LogP contribution in [0.1, 0.15) is 22.8 Å². The molecule has 0 saturated carbocycles. The maximum Gasteiger partial charge on any atom is 0.231 e. The average Bonchev–Trinajstić information content (AvgIpc) is 2.83. The molecular formula is C14H15N5. The predicted octanol–water partition coefficient (Wildman–Crippen LogP) is 1.70. The van der Waals surface area contributed by atoms with Crippen molar-refractivity contribution in [2.45, 2.75) is 13.5 Å². The third-order valence-electron chi connectivity index (χ3n) is 2.92. The predicted molar refractivity (Wildman–Crippen MR) is 73.1 cm³/mol. The van der Waals surface area contributed by atoms with E-state index < -0.39 is 0 Å². The second kappa shape index (κ2) is 5.36. The van der Waals surface area contributed by atoms with Gasteiger partial charge in [0.15, 0.2) is 5.82 Å². The van der Waals surface area contributed by atoms with Gasteiger partial charge in [-0.3, -0.25) is 0 Å². The highest BCUT2D eigenvalue weighted by molar-refractivity contribution is 5.54. The maximum absolute atomic E-state index is 9.11. The van der Waals surface area contributed by atoms with Gasteiger partial charge in [-0.05, 0) is 18.1 Å². The van der Waals surface area contributed by atoms with Gasteiger partial charge in [0.25, 0.3) is 0 Å². The van der Waals surface area contributed by atoms with Crippen LogP contribution in [0.15, 0.2) is 30.8 Å². The minimum absolute atomic E-state index is 0.287. The van der Waals surface area contributed by atoms with E-state index in [1.807, 2.05) is 31.2 Å². The standard InChI is InChI=1S/C14H15N5/c1-10-6-4-5-7-12(10)9-19-13(8-15)17-14(18-19)11(2)16-3/h4-7,16H,2,9H2,1,3H3. The molecule has 0 aliphatic rings. The molecule has 1 heterocycles. The van der Waals surface area contributed by atoms with Crippen molar-refractivity contribution in [1.82, 2.24) is 20.1 Å². The third-order valence-corrected chi connectivity index (χ3v) is 2.92. The fraction of sp³-hybridized carbons (Fsp3) is 0.214. The van der Waals surface area contributed by atoms with Crippen LogP contribution in [0, 0.1) is 18.3 Å². The van der Waals surface area contributed by atoms with Crippen molar-refractivity contribution in [1.29, 1.82) is 5.26 Å². The minimum atomic E-state index is 0.287. The van der Waals surface area contributed by atoms with Gasteiger partial charge < -0.3 is 5.32 Å². The Morgan fingerprint density at radius 2 is 2.21 bits per heavy atom. The number of aromatic nitrogens is 3. The van der Waals surface area contributed by atoms with E-state index in [9.17, 15) is 0 Å². The number of benzene rings is 1. The van der Waals surface area contributed by atoms with Crippen LogP contribution in [0.25, 0.3) is 5.70 Å². The van der Waals surface area contributed by atoms with Crippen LogP contribution in [-0.4, -0.2) is 21.8 Å². The van der Waals surface area contributed by atoms with Crippen molar-refractivity contribution in [3.8, 4) is 6.07 Å². The highest BCUT2D eigenvalue weighted by Gasteiger charge is 2.12. The summed E-state index contributed by atoms with van der Waals surface area (Å²) in [6.45, 7) is 6.36. The summed E-state index contributed by atoms with van der Waals surface area (Å²) in [5.41, 5.74) is 2.88. The van der Waals surface area contributed by atoms with E-state index in [1.165, 1.54) is 0 Å². The summed E-state index contributed by atoms with van der Waals surface area (Å²) >= 11 is 0. The summed E-state index contributed by atoms with van der Waals surface area (Å²) in [7, 11) is 1.75. The number of hydrogen-bond acceptors (Lipinski definition) is 4. The smallest absolute Gasteiger partial charge is 0.231 e. The van der Waals surface area contributed by atoms with Crippen molar-refractivity contribution < 1.29 is 0 Å². The molecule has 0 spiro atoms. The largest absolute Gasteiger partial charge is 0.385 e. The topological polar surface area (TPSA) is 66.5 Å². The summed E-state index contributed by atoms with van der Waals surface area (Å²) < 4.78 is 1.60. The highest BCUT2D eigenvalue weighted by Crippen LogP contribution is 2.11. The second-order valence-electron chi connectivity index (χ2n) is 4.18. The number of hydrogen-bond donors (Lipinski definition) is 1. The molecule has 0 amide bonds. The molecule has 0 unspecified atom stereocenters. The van der Waals surface area contributed by atoms with Crippen molar-refractivity contribution >= 4 is 5.70 Å². The Bertz CT molecular complexity index is 648. The van der Waals surface area contributed by atoms with E-state index >= 15 is 0 Å². The Morgan fingerprint density at radius 1 is 1.47 bits per heavy atom. The third kappa shape index (κ3) is 2.63. The zero-order chi connectivity index (χ0) is 13.8. The first-order valence-corrected chi connectivity index (χ1v) is 5.92. The summed E-state index contributed by atoms with van der Waals surface area (Å²) in [6.07, 6.45) is 0. The molecule has 5 heteroatoms. The Labute approximate surface area is 112 Å². The lowest BCUT2D eigenvalue weighted by Gasteiger charge is -2.05. The van der Waals surface area contributed by atoms with Gasteiger partial charge in [-0.25, -0.2) is 4.68 Å². The molecule has 5 nitrogen and oxygen atoms in total. The molecule has 2 aromatic rings. The maximum atomic E-state index is 9.11. The van der Waals surface area contributed by atoms with E-state index in [2.05, 4.69) is 28.0 Å². The van der Waals surface area contributed by atoms with Crippen LogP contribution in [0.2, 0.25) is 0 Å². The SMILES string of the molecule is C=C(NC)c1nc(C#N)n(Cc2ccccc2C)n1. The lowest BCUT2D eigenvalue weighted by atomic mass is 10.1. The summed E-state index contributed by atoms with van der Waals surface area (Å²) in [6, 6.07) is 10.1. The number of nitriles is 1. The van der Waals surface area contributed by atoms with E-state index in [0.717, 1.165) is 11.1 Å². The monoisotopic (exact) mass is 253 g/mol. The zero-order valence-electron chi connectivity index (χ0n) is 11.0. The van der Waals surface area contributed by atoms with Crippen LogP contribution in [-0.2, 0) is 6.54 Å². The Kier molecular flexibility index (Phi) is 3.62. The van der Waals surface area contributed by atoms with Crippen molar-refractivity contribution in [3.05, 3.63) is 53.6 Å². The molecular weight excluding hydrogens is 238 g/mol. The van der Waals surface area contributed by atoms with E-state index in [4.69, 9.17) is 5.26 Å². The highest BCUT2D eigenvalue weighted by atomic mass is 15.4. The molecule has 0 atom stereocenters. The fourth-order valence-electron chi connectivity index (χ4n) is 1.72. The first-order chi connectivity index (χ1) is 9.15. The number of nitrogens with zero attached hydrogens (tertiary/aromatic N) is 4. The molecule has 1 aromatic carbocycles. The normalized spacial score (nSPS) is 9.95. The van der Waals surface area contributed by atoms with Crippen LogP contribution in [0.3, 0.4) is 0 Å². The quantitative estimate of drug-likeness (QED) is 0.900. The van der Waals surface area contributed by atoms with Crippen LogP contribution in [0.5, 0.6) is 0 Å². The molecule has 2 rings (SSSR count). The molecule has 1 N–H and O–H groups in total. The van der Waals surface area contributed by atoms with Crippen molar-refractivity contribution in [2.75, 3.05) is 7.05 Å². The molecule has 1 aromatic heterocycles. The Balaban J connectivity index is 2.35. The minimum Gasteiger partial charge on any atom is -0.385 e. The molecule has 0 aliphatic heterocycles. The fourth-order valence-corrected chi connectivity index (χ4v) is 1.72. The average molecular weight is 253 g/mol. The number of rotatable bonds is 4. The van der Waals surface area contributed by atoms with Gasteiger partial charge in [0, 0.05) is 7.05 Å². The molecule has 96 valence electrons. The molecule has 0 saturated heterocycles. The Morgan fingerprint density at radius 3 is 2.84 bits per heavy atom. The van der Waals surface area contributed by atoms with Gasteiger partial charge >= 0.3 is 0 Å². The van der Waals surface area contributed by atoms with Gasteiger partial charge in [-0.1, -0.05) is 30.8 Å². The van der Waals surface area contributed by atoms with Gasteiger partial charge in [0.2, 0.25) is 5.82 Å². The number of nitrogens with one attached hydrogen (secondary N) is 1. The van der Waals surface area contributed by atoms with Crippen molar-refractivity contribution in [3.63, 3.8) is 0 Å². The van der Waals surface area contributed by atoms with E-state index in [0.29, 0.717) is 18.1 Å². The van der Waals surface area contributed by atoms with E-state index in [-0.39, 0.29) is 5.82 Å². The van der Waals surface area contributed by atoms with Gasteiger partial charge in [-0.2, -0.15) is 10.2 Å². The van der Waals surface area contributed by atoms with Crippen molar-refractivity contribution in [2.24, 2.45) is 0 Å². The van der Waals surface area contributed by atoms with Crippen LogP contribution in [0.4, 0.5) is 0 Å². The zero-order valence-corrected chi connectivity index (χ0v) is 11.0.